The van der Waals surface area contributed by atoms with Crippen molar-refractivity contribution in [2.75, 3.05) is 19.0 Å². The van der Waals surface area contributed by atoms with E-state index < -0.39 is 0 Å². The second kappa shape index (κ2) is 8.25. The minimum atomic E-state index is -0.281. The van der Waals surface area contributed by atoms with Crippen LogP contribution in [0.15, 0.2) is 28.8 Å². The summed E-state index contributed by atoms with van der Waals surface area (Å²) in [5.41, 5.74) is 6.16. The van der Waals surface area contributed by atoms with Crippen LogP contribution in [-0.4, -0.2) is 35.8 Å². The van der Waals surface area contributed by atoms with E-state index in [0.29, 0.717) is 29.7 Å². The average molecular weight is 320 g/mol. The highest BCUT2D eigenvalue weighted by Crippen LogP contribution is 2.17. The molecule has 23 heavy (non-hydrogen) atoms. The van der Waals surface area contributed by atoms with Gasteiger partial charge in [0.15, 0.2) is 6.61 Å². The van der Waals surface area contributed by atoms with Crippen LogP contribution in [0.1, 0.15) is 18.1 Å². The quantitative estimate of drug-likeness (QED) is 0.752. The number of nitrogens with one attached hydrogen (secondary N) is 1. The fraction of sp³-hybridized carbons (Fsp3) is 0.400. The summed E-state index contributed by atoms with van der Waals surface area (Å²) >= 11 is 0. The number of amides is 1. The third kappa shape index (κ3) is 5.35. The van der Waals surface area contributed by atoms with Crippen molar-refractivity contribution in [3.8, 4) is 5.75 Å². The summed E-state index contributed by atoms with van der Waals surface area (Å²) in [5, 5.41) is 6.52. The van der Waals surface area contributed by atoms with Crippen molar-refractivity contribution in [1.82, 2.24) is 10.1 Å². The lowest BCUT2D eigenvalue weighted by Crippen LogP contribution is -2.28. The first-order chi connectivity index (χ1) is 11.1. The van der Waals surface area contributed by atoms with Gasteiger partial charge in [0, 0.05) is 26.3 Å². The smallest absolute Gasteiger partial charge is 0.227 e. The summed E-state index contributed by atoms with van der Waals surface area (Å²) in [7, 11) is 1.53. The van der Waals surface area contributed by atoms with Crippen LogP contribution in [-0.2, 0) is 16.1 Å². The maximum absolute atomic E-state index is 11.8. The Morgan fingerprint density at radius 2 is 2.13 bits per heavy atom. The van der Waals surface area contributed by atoms with E-state index in [1.807, 2.05) is 0 Å². The molecule has 1 aromatic heterocycles. The van der Waals surface area contributed by atoms with Gasteiger partial charge in [-0.3, -0.25) is 4.79 Å². The van der Waals surface area contributed by atoms with Gasteiger partial charge in [0.25, 0.3) is 0 Å². The van der Waals surface area contributed by atoms with E-state index in [4.69, 9.17) is 19.7 Å². The Balaban J connectivity index is 1.83. The maximum atomic E-state index is 11.8. The van der Waals surface area contributed by atoms with Gasteiger partial charge in [-0.1, -0.05) is 5.16 Å². The molecule has 0 aliphatic carbocycles. The Morgan fingerprint density at radius 3 is 2.70 bits per heavy atom. The molecule has 124 valence electrons. The Hall–Kier alpha value is -2.45. The number of anilines is 1. The first kappa shape index (κ1) is 16.9. The zero-order chi connectivity index (χ0) is 16.7. The molecule has 0 spiro atoms. The van der Waals surface area contributed by atoms with Crippen LogP contribution < -0.4 is 15.8 Å². The maximum Gasteiger partial charge on any atom is 0.227 e. The number of carbonyl (C=O) groups is 1. The van der Waals surface area contributed by atoms with E-state index in [9.17, 15) is 4.79 Å². The number of hydrogen-bond acceptors (Lipinski definition) is 7. The molecule has 2 aromatic rings. The Morgan fingerprint density at radius 1 is 1.39 bits per heavy atom. The van der Waals surface area contributed by atoms with Crippen molar-refractivity contribution >= 4 is 11.6 Å². The molecule has 0 saturated carbocycles. The normalized spacial score (nSPS) is 12.0. The van der Waals surface area contributed by atoms with Crippen molar-refractivity contribution in [2.45, 2.75) is 26.1 Å². The molecule has 1 atom stereocenters. The van der Waals surface area contributed by atoms with Crippen LogP contribution in [0.5, 0.6) is 5.75 Å². The molecule has 0 aliphatic rings. The van der Waals surface area contributed by atoms with E-state index in [1.165, 1.54) is 7.11 Å². The monoisotopic (exact) mass is 320 g/mol. The summed E-state index contributed by atoms with van der Waals surface area (Å²) < 4.78 is 15.5. The van der Waals surface area contributed by atoms with Gasteiger partial charge in [0.05, 0.1) is 12.5 Å². The molecule has 2 rings (SSSR count). The van der Waals surface area contributed by atoms with Gasteiger partial charge < -0.3 is 25.0 Å². The number of nitrogens with two attached hydrogens (primary N) is 1. The second-order valence-corrected chi connectivity index (χ2v) is 4.89. The first-order valence-electron chi connectivity index (χ1n) is 7.15. The molecule has 0 bridgehead atoms. The van der Waals surface area contributed by atoms with Crippen molar-refractivity contribution in [3.63, 3.8) is 0 Å². The van der Waals surface area contributed by atoms with E-state index in [-0.39, 0.29) is 25.0 Å². The molecule has 1 aromatic carbocycles. The van der Waals surface area contributed by atoms with Crippen molar-refractivity contribution in [3.05, 3.63) is 36.0 Å². The van der Waals surface area contributed by atoms with Crippen LogP contribution in [0.25, 0.3) is 0 Å². The van der Waals surface area contributed by atoms with Gasteiger partial charge in [0.2, 0.25) is 17.6 Å². The zero-order valence-corrected chi connectivity index (χ0v) is 13.1. The summed E-state index contributed by atoms with van der Waals surface area (Å²) in [4.78, 5) is 15.9. The lowest BCUT2D eigenvalue weighted by atomic mass is 10.2. The Bertz CT molecular complexity index is 623. The number of ether oxygens (including phenoxy) is 2. The largest absolute Gasteiger partial charge is 0.485 e. The summed E-state index contributed by atoms with van der Waals surface area (Å²) in [6.45, 7) is 2.23. The SMILES string of the molecule is COC(CN)CC(=O)Nc1ccc(OCc2noc(C)n2)cc1. The number of hydrogen-bond donors (Lipinski definition) is 2. The van der Waals surface area contributed by atoms with Crippen LogP contribution >= 0.6 is 0 Å². The molecular formula is C15H20N4O4. The highest BCUT2D eigenvalue weighted by molar-refractivity contribution is 5.91. The highest BCUT2D eigenvalue weighted by atomic mass is 16.5. The van der Waals surface area contributed by atoms with E-state index >= 15 is 0 Å². The van der Waals surface area contributed by atoms with Crippen molar-refractivity contribution in [1.29, 1.82) is 0 Å². The molecule has 3 N–H and O–H groups in total. The fourth-order valence-electron chi connectivity index (χ4n) is 1.86. The minimum Gasteiger partial charge on any atom is -0.485 e. The molecular weight excluding hydrogens is 300 g/mol. The predicted molar refractivity (Wildman–Crippen MR) is 82.9 cm³/mol. The molecule has 8 nitrogen and oxygen atoms in total. The molecule has 0 radical (unpaired) electrons. The lowest BCUT2D eigenvalue weighted by molar-refractivity contribution is -0.118. The molecule has 8 heteroatoms. The predicted octanol–water partition coefficient (Wildman–Crippen LogP) is 1.26. The molecule has 0 aliphatic heterocycles. The Labute approximate surface area is 134 Å². The third-order valence-electron chi connectivity index (χ3n) is 3.08. The van der Waals surface area contributed by atoms with Crippen LogP contribution in [0, 0.1) is 6.92 Å². The number of aromatic nitrogens is 2. The van der Waals surface area contributed by atoms with Crippen LogP contribution in [0.2, 0.25) is 0 Å². The third-order valence-corrected chi connectivity index (χ3v) is 3.08. The van der Waals surface area contributed by atoms with Gasteiger partial charge in [-0.25, -0.2) is 0 Å². The number of methoxy groups -OCH3 is 1. The van der Waals surface area contributed by atoms with E-state index in [2.05, 4.69) is 15.5 Å². The van der Waals surface area contributed by atoms with Gasteiger partial charge in [-0.05, 0) is 24.3 Å². The number of nitrogens with zero attached hydrogens (tertiary/aromatic N) is 2. The van der Waals surface area contributed by atoms with E-state index in [1.54, 1.807) is 31.2 Å². The van der Waals surface area contributed by atoms with Crippen LogP contribution in [0.3, 0.4) is 0 Å². The molecule has 1 heterocycles. The van der Waals surface area contributed by atoms with E-state index in [0.717, 1.165) is 0 Å². The number of aryl methyl sites for hydroxylation is 1. The van der Waals surface area contributed by atoms with Gasteiger partial charge in [-0.15, -0.1) is 0 Å². The Kier molecular flexibility index (Phi) is 6.07. The standard InChI is InChI=1S/C15H20N4O4/c1-10-17-14(19-23-10)9-22-12-5-3-11(4-6-12)18-15(20)7-13(8-16)21-2/h3-6,13H,7-9,16H2,1-2H3,(H,18,20). The summed E-state index contributed by atoms with van der Waals surface area (Å²) in [6.07, 6.45) is -0.0707. The lowest BCUT2D eigenvalue weighted by Gasteiger charge is -2.12. The van der Waals surface area contributed by atoms with Crippen LogP contribution in [0.4, 0.5) is 5.69 Å². The van der Waals surface area contributed by atoms with Gasteiger partial charge in [-0.2, -0.15) is 4.98 Å². The summed E-state index contributed by atoms with van der Waals surface area (Å²) in [6, 6.07) is 7.00. The zero-order valence-electron chi connectivity index (χ0n) is 13.1. The number of benzene rings is 1. The van der Waals surface area contributed by atoms with Crippen molar-refractivity contribution < 1.29 is 18.8 Å². The fourth-order valence-corrected chi connectivity index (χ4v) is 1.86. The summed E-state index contributed by atoms with van der Waals surface area (Å²) in [5.74, 6) is 1.46. The molecule has 0 fully saturated rings. The average Bonchev–Trinajstić information content (AvgIpc) is 2.97. The minimum absolute atomic E-state index is 0.154. The highest BCUT2D eigenvalue weighted by Gasteiger charge is 2.11. The number of rotatable bonds is 8. The molecule has 1 amide bonds. The first-order valence-corrected chi connectivity index (χ1v) is 7.15. The van der Waals surface area contributed by atoms with Gasteiger partial charge >= 0.3 is 0 Å². The molecule has 0 saturated heterocycles. The van der Waals surface area contributed by atoms with Gasteiger partial charge in [0.1, 0.15) is 5.75 Å². The molecule has 1 unspecified atom stereocenters. The topological polar surface area (TPSA) is 112 Å². The van der Waals surface area contributed by atoms with Crippen molar-refractivity contribution in [2.24, 2.45) is 5.73 Å². The second-order valence-electron chi connectivity index (χ2n) is 4.89. The number of carbonyl (C=O) groups excluding carboxylic acids is 1.